The predicted molar refractivity (Wildman–Crippen MR) is 55.2 cm³/mol. The van der Waals surface area contributed by atoms with Crippen molar-refractivity contribution in [1.82, 2.24) is 15.5 Å². The molecule has 0 amide bonds. The van der Waals surface area contributed by atoms with Crippen LogP contribution < -0.4 is 5.32 Å². The zero-order valence-corrected chi connectivity index (χ0v) is 8.42. The second-order valence-electron chi connectivity index (χ2n) is 4.61. The summed E-state index contributed by atoms with van der Waals surface area (Å²) in [4.78, 5) is 0. The maximum Gasteiger partial charge on any atom is 0.0522 e. The normalized spacial score (nSPS) is 27.0. The van der Waals surface area contributed by atoms with Crippen molar-refractivity contribution in [2.75, 3.05) is 0 Å². The summed E-state index contributed by atoms with van der Waals surface area (Å²) < 4.78 is 0. The second-order valence-corrected chi connectivity index (χ2v) is 4.61. The summed E-state index contributed by atoms with van der Waals surface area (Å²) >= 11 is 0. The second kappa shape index (κ2) is 3.39. The average Bonchev–Trinajstić information content (AvgIpc) is 2.58. The fraction of sp³-hybridized carbons (Fsp3) is 0.727. The molecule has 3 heteroatoms. The van der Waals surface area contributed by atoms with Gasteiger partial charge in [-0.2, -0.15) is 5.10 Å². The molecule has 1 aromatic heterocycles. The highest BCUT2D eigenvalue weighted by Crippen LogP contribution is 2.23. The van der Waals surface area contributed by atoms with E-state index in [-0.39, 0.29) is 0 Å². The van der Waals surface area contributed by atoms with Crippen LogP contribution in [0.1, 0.15) is 36.9 Å². The Labute approximate surface area is 84.3 Å². The van der Waals surface area contributed by atoms with Crippen LogP contribution in [-0.4, -0.2) is 22.3 Å². The molecule has 2 aliphatic rings. The number of hydrogen-bond donors (Lipinski definition) is 2. The maximum absolute atomic E-state index is 4.10. The van der Waals surface area contributed by atoms with Gasteiger partial charge in [0.25, 0.3) is 0 Å². The molecule has 1 saturated carbocycles. The number of hydrogen-bond acceptors (Lipinski definition) is 2. The van der Waals surface area contributed by atoms with Crippen molar-refractivity contribution in [2.45, 2.75) is 50.6 Å². The number of fused-ring (bicyclic) bond motifs is 1. The van der Waals surface area contributed by atoms with E-state index in [1.54, 1.807) is 0 Å². The minimum absolute atomic E-state index is 0.688. The first-order valence-electron chi connectivity index (χ1n) is 5.69. The minimum Gasteiger partial charge on any atom is -0.311 e. The van der Waals surface area contributed by atoms with Crippen LogP contribution in [0.3, 0.4) is 0 Å². The third kappa shape index (κ3) is 1.46. The number of rotatable bonds is 2. The third-order valence-corrected chi connectivity index (χ3v) is 3.60. The first-order valence-corrected chi connectivity index (χ1v) is 5.69. The molecule has 2 N–H and O–H groups in total. The maximum atomic E-state index is 4.10. The monoisotopic (exact) mass is 191 g/mol. The Morgan fingerprint density at radius 2 is 2.21 bits per heavy atom. The Morgan fingerprint density at radius 1 is 1.29 bits per heavy atom. The van der Waals surface area contributed by atoms with Gasteiger partial charge in [-0.25, -0.2) is 0 Å². The number of nitrogens with zero attached hydrogens (tertiary/aromatic N) is 1. The Balaban J connectivity index is 1.63. The summed E-state index contributed by atoms with van der Waals surface area (Å²) in [6, 6.07) is 1.50. The van der Waals surface area contributed by atoms with E-state index in [1.807, 2.05) is 6.20 Å². The van der Waals surface area contributed by atoms with Gasteiger partial charge >= 0.3 is 0 Å². The molecule has 1 heterocycles. The molecule has 14 heavy (non-hydrogen) atoms. The molecule has 3 nitrogen and oxygen atoms in total. The van der Waals surface area contributed by atoms with Crippen molar-refractivity contribution >= 4 is 0 Å². The van der Waals surface area contributed by atoms with Gasteiger partial charge in [0.2, 0.25) is 0 Å². The summed E-state index contributed by atoms with van der Waals surface area (Å²) in [6.07, 6.45) is 9.78. The molecule has 0 aliphatic heterocycles. The van der Waals surface area contributed by atoms with Crippen molar-refractivity contribution in [3.63, 3.8) is 0 Å². The van der Waals surface area contributed by atoms with Crippen LogP contribution in [0.15, 0.2) is 6.20 Å². The summed E-state index contributed by atoms with van der Waals surface area (Å²) in [7, 11) is 0. The largest absolute Gasteiger partial charge is 0.311 e. The number of H-pyrrole nitrogens is 1. The van der Waals surface area contributed by atoms with E-state index in [2.05, 4.69) is 15.5 Å². The molecule has 0 spiro atoms. The van der Waals surface area contributed by atoms with Crippen LogP contribution in [0.25, 0.3) is 0 Å². The van der Waals surface area contributed by atoms with Crippen LogP contribution in [0, 0.1) is 0 Å². The van der Waals surface area contributed by atoms with E-state index in [9.17, 15) is 0 Å². The molecule has 76 valence electrons. The number of nitrogens with one attached hydrogen (secondary N) is 2. The van der Waals surface area contributed by atoms with Gasteiger partial charge in [-0.3, -0.25) is 5.10 Å². The van der Waals surface area contributed by atoms with Crippen LogP contribution >= 0.6 is 0 Å². The highest BCUT2D eigenvalue weighted by atomic mass is 15.1. The van der Waals surface area contributed by atoms with E-state index >= 15 is 0 Å². The first-order chi connectivity index (χ1) is 6.92. The van der Waals surface area contributed by atoms with Gasteiger partial charge in [0, 0.05) is 24.2 Å². The van der Waals surface area contributed by atoms with Crippen molar-refractivity contribution in [3.05, 3.63) is 17.5 Å². The van der Waals surface area contributed by atoms with E-state index in [4.69, 9.17) is 0 Å². The molecule has 1 unspecified atom stereocenters. The van der Waals surface area contributed by atoms with E-state index in [0.29, 0.717) is 6.04 Å². The Hall–Kier alpha value is -0.830. The average molecular weight is 191 g/mol. The SMILES string of the molecule is c1n[nH]c2c1CCC(NC1CCC1)C2. The fourth-order valence-corrected chi connectivity index (χ4v) is 2.46. The van der Waals surface area contributed by atoms with Gasteiger partial charge in [0.1, 0.15) is 0 Å². The van der Waals surface area contributed by atoms with Gasteiger partial charge in [0.05, 0.1) is 6.20 Å². The van der Waals surface area contributed by atoms with Crippen LogP contribution in [0.4, 0.5) is 0 Å². The Bertz CT molecular complexity index is 314. The molecular weight excluding hydrogens is 174 g/mol. The van der Waals surface area contributed by atoms with Crippen LogP contribution in [0.5, 0.6) is 0 Å². The molecule has 0 aromatic carbocycles. The van der Waals surface area contributed by atoms with E-state index in [1.165, 1.54) is 43.4 Å². The Morgan fingerprint density at radius 3 is 3.00 bits per heavy atom. The van der Waals surface area contributed by atoms with Gasteiger partial charge in [-0.05, 0) is 31.2 Å². The molecule has 1 atom stereocenters. The summed E-state index contributed by atoms with van der Waals surface area (Å²) in [5.41, 5.74) is 2.78. The summed E-state index contributed by atoms with van der Waals surface area (Å²) in [6.45, 7) is 0. The zero-order chi connectivity index (χ0) is 9.38. The quantitative estimate of drug-likeness (QED) is 0.742. The van der Waals surface area contributed by atoms with Crippen LogP contribution in [0.2, 0.25) is 0 Å². The van der Waals surface area contributed by atoms with E-state index < -0.39 is 0 Å². The van der Waals surface area contributed by atoms with Gasteiger partial charge < -0.3 is 5.32 Å². The fourth-order valence-electron chi connectivity index (χ4n) is 2.46. The first kappa shape index (κ1) is 8.48. The molecule has 0 radical (unpaired) electrons. The molecule has 1 aromatic rings. The van der Waals surface area contributed by atoms with E-state index in [0.717, 1.165) is 12.5 Å². The number of aromatic nitrogens is 2. The van der Waals surface area contributed by atoms with Crippen molar-refractivity contribution in [3.8, 4) is 0 Å². The van der Waals surface area contributed by atoms with Crippen LogP contribution in [-0.2, 0) is 12.8 Å². The molecule has 2 aliphatic carbocycles. The van der Waals surface area contributed by atoms with Gasteiger partial charge in [0.15, 0.2) is 0 Å². The molecule has 1 fully saturated rings. The zero-order valence-electron chi connectivity index (χ0n) is 8.42. The lowest BCUT2D eigenvalue weighted by molar-refractivity contribution is 0.289. The molecule has 3 rings (SSSR count). The molecular formula is C11H17N3. The smallest absolute Gasteiger partial charge is 0.0522 e. The summed E-state index contributed by atoms with van der Waals surface area (Å²) in [5, 5.41) is 10.9. The van der Waals surface area contributed by atoms with Crippen molar-refractivity contribution in [1.29, 1.82) is 0 Å². The lowest BCUT2D eigenvalue weighted by Gasteiger charge is -2.33. The number of aryl methyl sites for hydroxylation is 1. The van der Waals surface area contributed by atoms with Gasteiger partial charge in [-0.1, -0.05) is 6.42 Å². The summed E-state index contributed by atoms with van der Waals surface area (Å²) in [5.74, 6) is 0. The lowest BCUT2D eigenvalue weighted by atomic mass is 9.88. The standard InChI is InChI=1S/C11H17N3/c1-2-9(3-1)13-10-5-4-8-7-12-14-11(8)6-10/h7,9-10,13H,1-6H2,(H,12,14). The van der Waals surface area contributed by atoms with Crippen molar-refractivity contribution < 1.29 is 0 Å². The highest BCUT2D eigenvalue weighted by molar-refractivity contribution is 5.21. The molecule has 0 bridgehead atoms. The third-order valence-electron chi connectivity index (χ3n) is 3.60. The minimum atomic E-state index is 0.688. The van der Waals surface area contributed by atoms with Crippen molar-refractivity contribution in [2.24, 2.45) is 0 Å². The topological polar surface area (TPSA) is 40.7 Å². The molecule has 0 saturated heterocycles. The highest BCUT2D eigenvalue weighted by Gasteiger charge is 2.24. The number of aromatic amines is 1. The lowest BCUT2D eigenvalue weighted by Crippen LogP contribution is -2.44. The predicted octanol–water partition coefficient (Wildman–Crippen LogP) is 1.41. The van der Waals surface area contributed by atoms with Gasteiger partial charge in [-0.15, -0.1) is 0 Å². The Kier molecular flexibility index (Phi) is 2.05.